The molecule has 110 valence electrons. The highest BCUT2D eigenvalue weighted by molar-refractivity contribution is 6.06. The summed E-state index contributed by atoms with van der Waals surface area (Å²) in [7, 11) is 3.08. The molecule has 5 nitrogen and oxygen atoms in total. The minimum absolute atomic E-state index is 0.248. The average molecular weight is 286 g/mol. The van der Waals surface area contributed by atoms with E-state index in [0.29, 0.717) is 28.4 Å². The minimum atomic E-state index is -0.248. The first-order valence-corrected chi connectivity index (χ1v) is 6.44. The third-order valence-electron chi connectivity index (χ3n) is 3.15. The van der Waals surface area contributed by atoms with Crippen LogP contribution in [0.1, 0.15) is 15.9 Å². The number of rotatable bonds is 4. The molecule has 3 N–H and O–H groups in total. The fraction of sp³-hybridized carbons (Fsp3) is 0.188. The lowest BCUT2D eigenvalue weighted by molar-refractivity contribution is 0.102. The second-order valence-corrected chi connectivity index (χ2v) is 4.59. The lowest BCUT2D eigenvalue weighted by atomic mass is 10.1. The third-order valence-corrected chi connectivity index (χ3v) is 3.15. The van der Waals surface area contributed by atoms with Gasteiger partial charge in [-0.2, -0.15) is 0 Å². The number of nitrogens with one attached hydrogen (secondary N) is 1. The maximum Gasteiger partial charge on any atom is 0.259 e. The summed E-state index contributed by atoms with van der Waals surface area (Å²) in [5, 5.41) is 2.85. The van der Waals surface area contributed by atoms with E-state index in [4.69, 9.17) is 15.2 Å². The van der Waals surface area contributed by atoms with Crippen molar-refractivity contribution in [3.63, 3.8) is 0 Å². The summed E-state index contributed by atoms with van der Waals surface area (Å²) in [6.45, 7) is 1.89. The standard InChI is InChI=1S/C16H18N2O3/c1-10-8-11(17)4-7-14(10)18-16(19)13-6-5-12(20-2)9-15(13)21-3/h4-9H,17H2,1-3H3,(H,18,19). The first-order chi connectivity index (χ1) is 10.0. The largest absolute Gasteiger partial charge is 0.497 e. The van der Waals surface area contributed by atoms with Crippen molar-refractivity contribution >= 4 is 17.3 Å². The molecule has 2 aromatic rings. The molecule has 0 radical (unpaired) electrons. The second-order valence-electron chi connectivity index (χ2n) is 4.59. The lowest BCUT2D eigenvalue weighted by Gasteiger charge is -2.12. The number of amides is 1. The number of methoxy groups -OCH3 is 2. The van der Waals surface area contributed by atoms with Gasteiger partial charge in [-0.3, -0.25) is 4.79 Å². The van der Waals surface area contributed by atoms with Crippen LogP contribution in [0.15, 0.2) is 36.4 Å². The van der Waals surface area contributed by atoms with E-state index < -0.39 is 0 Å². The predicted octanol–water partition coefficient (Wildman–Crippen LogP) is 2.85. The Morgan fingerprint density at radius 3 is 2.48 bits per heavy atom. The fourth-order valence-corrected chi connectivity index (χ4v) is 2.00. The first kappa shape index (κ1) is 14.7. The molecule has 0 aliphatic carbocycles. The number of benzene rings is 2. The zero-order chi connectivity index (χ0) is 15.4. The van der Waals surface area contributed by atoms with Crippen molar-refractivity contribution in [3.05, 3.63) is 47.5 Å². The monoisotopic (exact) mass is 286 g/mol. The van der Waals surface area contributed by atoms with E-state index in [2.05, 4.69) is 5.32 Å². The average Bonchev–Trinajstić information content (AvgIpc) is 2.49. The summed E-state index contributed by atoms with van der Waals surface area (Å²) < 4.78 is 10.4. The van der Waals surface area contributed by atoms with Gasteiger partial charge in [0.1, 0.15) is 11.5 Å². The van der Waals surface area contributed by atoms with Gasteiger partial charge >= 0.3 is 0 Å². The zero-order valence-electron chi connectivity index (χ0n) is 12.3. The molecular weight excluding hydrogens is 268 g/mol. The van der Waals surface area contributed by atoms with Gasteiger partial charge in [0, 0.05) is 17.4 Å². The van der Waals surface area contributed by atoms with Crippen molar-refractivity contribution in [2.75, 3.05) is 25.3 Å². The highest BCUT2D eigenvalue weighted by atomic mass is 16.5. The van der Waals surface area contributed by atoms with Gasteiger partial charge in [0.25, 0.3) is 5.91 Å². The van der Waals surface area contributed by atoms with E-state index in [9.17, 15) is 4.79 Å². The van der Waals surface area contributed by atoms with Crippen LogP contribution in [0, 0.1) is 6.92 Å². The van der Waals surface area contributed by atoms with E-state index in [1.165, 1.54) is 7.11 Å². The quantitative estimate of drug-likeness (QED) is 0.848. The zero-order valence-corrected chi connectivity index (χ0v) is 12.3. The molecule has 0 atom stereocenters. The number of carbonyl (C=O) groups excluding carboxylic acids is 1. The van der Waals surface area contributed by atoms with Gasteiger partial charge in [0.2, 0.25) is 0 Å². The van der Waals surface area contributed by atoms with Crippen molar-refractivity contribution in [3.8, 4) is 11.5 Å². The van der Waals surface area contributed by atoms with Crippen molar-refractivity contribution in [1.82, 2.24) is 0 Å². The number of anilines is 2. The Bertz CT molecular complexity index is 669. The number of ether oxygens (including phenoxy) is 2. The van der Waals surface area contributed by atoms with Crippen molar-refractivity contribution < 1.29 is 14.3 Å². The highest BCUT2D eigenvalue weighted by Crippen LogP contribution is 2.26. The molecule has 2 rings (SSSR count). The molecule has 2 aromatic carbocycles. The van der Waals surface area contributed by atoms with Crippen LogP contribution in [0.25, 0.3) is 0 Å². The Morgan fingerprint density at radius 2 is 1.86 bits per heavy atom. The molecule has 0 fully saturated rings. The number of hydrogen-bond donors (Lipinski definition) is 2. The number of nitrogens with two attached hydrogens (primary N) is 1. The molecular formula is C16H18N2O3. The van der Waals surface area contributed by atoms with Gasteiger partial charge < -0.3 is 20.5 Å². The molecule has 5 heteroatoms. The Labute approximate surface area is 123 Å². The number of nitrogen functional groups attached to an aromatic ring is 1. The molecule has 21 heavy (non-hydrogen) atoms. The topological polar surface area (TPSA) is 73.6 Å². The van der Waals surface area contributed by atoms with Crippen LogP contribution in [0.2, 0.25) is 0 Å². The third kappa shape index (κ3) is 3.25. The Hall–Kier alpha value is -2.69. The predicted molar refractivity (Wildman–Crippen MR) is 83.1 cm³/mol. The lowest BCUT2D eigenvalue weighted by Crippen LogP contribution is -2.14. The van der Waals surface area contributed by atoms with Gasteiger partial charge in [0.05, 0.1) is 19.8 Å². The molecule has 0 spiro atoms. The fourth-order valence-electron chi connectivity index (χ4n) is 2.00. The maximum atomic E-state index is 12.4. The molecule has 0 heterocycles. The van der Waals surface area contributed by atoms with Crippen LogP contribution in [0.4, 0.5) is 11.4 Å². The maximum absolute atomic E-state index is 12.4. The van der Waals surface area contributed by atoms with Crippen molar-refractivity contribution in [1.29, 1.82) is 0 Å². The van der Waals surface area contributed by atoms with Crippen LogP contribution in [0.5, 0.6) is 11.5 Å². The van der Waals surface area contributed by atoms with E-state index in [1.54, 1.807) is 43.5 Å². The minimum Gasteiger partial charge on any atom is -0.497 e. The molecule has 0 unspecified atom stereocenters. The summed E-state index contributed by atoms with van der Waals surface area (Å²) >= 11 is 0. The van der Waals surface area contributed by atoms with Crippen LogP contribution >= 0.6 is 0 Å². The summed E-state index contributed by atoms with van der Waals surface area (Å²) in [6.07, 6.45) is 0. The van der Waals surface area contributed by atoms with Crippen LogP contribution < -0.4 is 20.5 Å². The SMILES string of the molecule is COc1ccc(C(=O)Nc2ccc(N)cc2C)c(OC)c1. The van der Waals surface area contributed by atoms with Gasteiger partial charge in [-0.1, -0.05) is 0 Å². The van der Waals surface area contributed by atoms with Crippen molar-refractivity contribution in [2.45, 2.75) is 6.92 Å². The summed E-state index contributed by atoms with van der Waals surface area (Å²) in [6, 6.07) is 10.4. The van der Waals surface area contributed by atoms with Gasteiger partial charge in [-0.15, -0.1) is 0 Å². The number of carbonyl (C=O) groups is 1. The smallest absolute Gasteiger partial charge is 0.259 e. The number of aryl methyl sites for hydroxylation is 1. The normalized spacial score (nSPS) is 10.0. The van der Waals surface area contributed by atoms with E-state index in [1.807, 2.05) is 6.92 Å². The molecule has 0 saturated heterocycles. The van der Waals surface area contributed by atoms with Gasteiger partial charge in [0.15, 0.2) is 0 Å². The van der Waals surface area contributed by atoms with E-state index >= 15 is 0 Å². The summed E-state index contributed by atoms with van der Waals surface area (Å²) in [5.74, 6) is 0.842. The van der Waals surface area contributed by atoms with Crippen LogP contribution in [-0.2, 0) is 0 Å². The van der Waals surface area contributed by atoms with Crippen molar-refractivity contribution in [2.24, 2.45) is 0 Å². The molecule has 0 aromatic heterocycles. The van der Waals surface area contributed by atoms with E-state index in [-0.39, 0.29) is 5.91 Å². The molecule has 1 amide bonds. The van der Waals surface area contributed by atoms with E-state index in [0.717, 1.165) is 5.56 Å². The molecule has 0 bridgehead atoms. The Balaban J connectivity index is 2.28. The Kier molecular flexibility index (Phi) is 4.33. The molecule has 0 aliphatic heterocycles. The highest BCUT2D eigenvalue weighted by Gasteiger charge is 2.14. The summed E-state index contributed by atoms with van der Waals surface area (Å²) in [4.78, 5) is 12.4. The first-order valence-electron chi connectivity index (χ1n) is 6.44. The Morgan fingerprint density at radius 1 is 1.10 bits per heavy atom. The number of hydrogen-bond acceptors (Lipinski definition) is 4. The van der Waals surface area contributed by atoms with Gasteiger partial charge in [-0.25, -0.2) is 0 Å². The van der Waals surface area contributed by atoms with Crippen LogP contribution in [-0.4, -0.2) is 20.1 Å². The molecule has 0 aliphatic rings. The van der Waals surface area contributed by atoms with Crippen LogP contribution in [0.3, 0.4) is 0 Å². The second kappa shape index (κ2) is 6.17. The van der Waals surface area contributed by atoms with Gasteiger partial charge in [-0.05, 0) is 42.8 Å². The summed E-state index contributed by atoms with van der Waals surface area (Å²) in [5.41, 5.74) is 8.41. The molecule has 0 saturated carbocycles.